The molecule has 0 aliphatic carbocycles. The zero-order valence-electron chi connectivity index (χ0n) is 15.2. The third kappa shape index (κ3) is 4.07. The molecule has 0 spiro atoms. The fourth-order valence-corrected chi connectivity index (χ4v) is 4.62. The summed E-state index contributed by atoms with van der Waals surface area (Å²) in [4.78, 5) is 13.3. The van der Waals surface area contributed by atoms with Crippen molar-refractivity contribution < 1.29 is 12.9 Å². The van der Waals surface area contributed by atoms with Gasteiger partial charge in [-0.05, 0) is 37.5 Å². The lowest BCUT2D eigenvalue weighted by Crippen LogP contribution is -2.47. The Bertz CT molecular complexity index is 1100. The molecule has 1 aliphatic heterocycles. The van der Waals surface area contributed by atoms with E-state index < -0.39 is 10.0 Å². The predicted octanol–water partition coefficient (Wildman–Crippen LogP) is 1.39. The van der Waals surface area contributed by atoms with E-state index in [4.69, 9.17) is 4.52 Å². The minimum Gasteiger partial charge on any atom is -0.356 e. The first kappa shape index (κ1) is 18.6. The first-order valence-corrected chi connectivity index (χ1v) is 10.8. The third-order valence-electron chi connectivity index (χ3n) is 4.90. The Morgan fingerprint density at radius 3 is 2.89 bits per heavy atom. The SMILES string of the molecule is O=c1ccc(N2CCCCC2CNS(=O)(=O)Cc2noc3ccccc23)n[nH]1. The molecule has 2 aromatic heterocycles. The van der Waals surface area contributed by atoms with Gasteiger partial charge in [0.05, 0.1) is 0 Å². The molecule has 3 heterocycles. The van der Waals surface area contributed by atoms with Crippen molar-refractivity contribution >= 4 is 26.8 Å². The Kier molecular flexibility index (Phi) is 5.14. The average Bonchev–Trinajstić information content (AvgIpc) is 3.10. The summed E-state index contributed by atoms with van der Waals surface area (Å²) >= 11 is 0. The van der Waals surface area contributed by atoms with Crippen molar-refractivity contribution in [1.82, 2.24) is 20.1 Å². The number of benzene rings is 1. The fourth-order valence-electron chi connectivity index (χ4n) is 3.51. The summed E-state index contributed by atoms with van der Waals surface area (Å²) in [7, 11) is -3.59. The van der Waals surface area contributed by atoms with Crippen molar-refractivity contribution in [2.24, 2.45) is 0 Å². The molecule has 0 amide bonds. The molecule has 1 atom stereocenters. The van der Waals surface area contributed by atoms with Crippen LogP contribution in [0.15, 0.2) is 45.7 Å². The molecule has 1 fully saturated rings. The van der Waals surface area contributed by atoms with Crippen LogP contribution in [0.1, 0.15) is 25.0 Å². The number of para-hydroxylation sites is 1. The van der Waals surface area contributed by atoms with Crippen molar-refractivity contribution in [3.8, 4) is 0 Å². The van der Waals surface area contributed by atoms with Crippen LogP contribution in [0.3, 0.4) is 0 Å². The van der Waals surface area contributed by atoms with Gasteiger partial charge in [0.2, 0.25) is 10.0 Å². The lowest BCUT2D eigenvalue weighted by Gasteiger charge is -2.36. The van der Waals surface area contributed by atoms with E-state index in [0.29, 0.717) is 22.5 Å². The van der Waals surface area contributed by atoms with E-state index in [1.165, 1.54) is 6.07 Å². The third-order valence-corrected chi connectivity index (χ3v) is 6.16. The van der Waals surface area contributed by atoms with Crippen LogP contribution in [0.5, 0.6) is 0 Å². The maximum absolute atomic E-state index is 12.6. The molecule has 4 rings (SSSR count). The molecule has 2 N–H and O–H groups in total. The van der Waals surface area contributed by atoms with Crippen LogP contribution in [-0.2, 0) is 15.8 Å². The van der Waals surface area contributed by atoms with E-state index in [0.717, 1.165) is 25.8 Å². The molecule has 1 aromatic carbocycles. The topological polar surface area (TPSA) is 121 Å². The Balaban J connectivity index is 1.45. The van der Waals surface area contributed by atoms with Gasteiger partial charge >= 0.3 is 0 Å². The number of anilines is 1. The summed E-state index contributed by atoms with van der Waals surface area (Å²) in [6.45, 7) is 1.03. The smallest absolute Gasteiger partial charge is 0.264 e. The number of nitrogens with zero attached hydrogens (tertiary/aromatic N) is 3. The number of aromatic nitrogens is 3. The van der Waals surface area contributed by atoms with Crippen molar-refractivity contribution in [3.05, 3.63) is 52.4 Å². The van der Waals surface area contributed by atoms with Crippen LogP contribution >= 0.6 is 0 Å². The zero-order chi connectivity index (χ0) is 19.6. The lowest BCUT2D eigenvalue weighted by atomic mass is 10.0. The van der Waals surface area contributed by atoms with Crippen molar-refractivity contribution in [3.63, 3.8) is 0 Å². The summed E-state index contributed by atoms with van der Waals surface area (Å²) in [5.74, 6) is 0.402. The normalized spacial score (nSPS) is 17.9. The molecular formula is C18H21N5O4S. The van der Waals surface area contributed by atoms with Gasteiger partial charge in [0.1, 0.15) is 17.3 Å². The fraction of sp³-hybridized carbons (Fsp3) is 0.389. The second-order valence-electron chi connectivity index (χ2n) is 6.86. The Morgan fingerprint density at radius 2 is 2.07 bits per heavy atom. The van der Waals surface area contributed by atoms with Gasteiger partial charge in [-0.25, -0.2) is 18.2 Å². The highest BCUT2D eigenvalue weighted by molar-refractivity contribution is 7.88. The number of hydrogen-bond acceptors (Lipinski definition) is 7. The first-order valence-electron chi connectivity index (χ1n) is 9.15. The number of hydrogen-bond donors (Lipinski definition) is 2. The number of sulfonamides is 1. The predicted molar refractivity (Wildman–Crippen MR) is 104 cm³/mol. The molecule has 10 heteroatoms. The maximum Gasteiger partial charge on any atom is 0.264 e. The Morgan fingerprint density at radius 1 is 1.21 bits per heavy atom. The number of H-pyrrole nitrogens is 1. The van der Waals surface area contributed by atoms with Crippen molar-refractivity contribution in [1.29, 1.82) is 0 Å². The summed E-state index contributed by atoms with van der Waals surface area (Å²) in [5, 5.41) is 11.1. The van der Waals surface area contributed by atoms with Crippen LogP contribution in [0.2, 0.25) is 0 Å². The van der Waals surface area contributed by atoms with Gasteiger partial charge in [0.15, 0.2) is 5.58 Å². The number of nitrogens with one attached hydrogen (secondary N) is 2. The maximum atomic E-state index is 12.6. The highest BCUT2D eigenvalue weighted by Crippen LogP contribution is 2.23. The highest BCUT2D eigenvalue weighted by Gasteiger charge is 2.26. The van der Waals surface area contributed by atoms with E-state index in [-0.39, 0.29) is 23.9 Å². The van der Waals surface area contributed by atoms with Gasteiger partial charge in [-0.15, -0.1) is 0 Å². The van der Waals surface area contributed by atoms with Gasteiger partial charge in [-0.3, -0.25) is 4.79 Å². The first-order chi connectivity index (χ1) is 13.5. The van der Waals surface area contributed by atoms with Crippen LogP contribution in [0.4, 0.5) is 5.82 Å². The molecule has 3 aromatic rings. The van der Waals surface area contributed by atoms with Crippen LogP contribution in [0, 0.1) is 0 Å². The minimum atomic E-state index is -3.59. The zero-order valence-corrected chi connectivity index (χ0v) is 16.0. The van der Waals surface area contributed by atoms with Crippen LogP contribution < -0.4 is 15.2 Å². The Hall–Kier alpha value is -2.72. The Labute approximate surface area is 161 Å². The summed E-state index contributed by atoms with van der Waals surface area (Å²) < 4.78 is 33.1. The number of piperidine rings is 1. The van der Waals surface area contributed by atoms with Gasteiger partial charge in [-0.1, -0.05) is 17.3 Å². The second-order valence-corrected chi connectivity index (χ2v) is 8.66. The highest BCUT2D eigenvalue weighted by atomic mass is 32.2. The van der Waals surface area contributed by atoms with Gasteiger partial charge in [0.25, 0.3) is 5.56 Å². The van der Waals surface area contributed by atoms with Gasteiger partial charge < -0.3 is 9.42 Å². The molecule has 28 heavy (non-hydrogen) atoms. The van der Waals surface area contributed by atoms with E-state index in [1.54, 1.807) is 18.2 Å². The molecule has 0 radical (unpaired) electrons. The molecule has 1 unspecified atom stereocenters. The molecule has 148 valence electrons. The van der Waals surface area contributed by atoms with Crippen LogP contribution in [0.25, 0.3) is 11.0 Å². The summed E-state index contributed by atoms with van der Waals surface area (Å²) in [5.41, 5.74) is 0.694. The number of aromatic amines is 1. The van der Waals surface area contributed by atoms with Crippen LogP contribution in [-0.4, -0.2) is 42.9 Å². The second kappa shape index (κ2) is 7.72. The number of rotatable bonds is 6. The molecular weight excluding hydrogens is 382 g/mol. The van der Waals surface area contributed by atoms with Crippen molar-refractivity contribution in [2.45, 2.75) is 31.1 Å². The molecule has 0 bridgehead atoms. The van der Waals surface area contributed by atoms with E-state index in [1.807, 2.05) is 17.0 Å². The molecule has 0 saturated carbocycles. The largest absolute Gasteiger partial charge is 0.356 e. The number of fused-ring (bicyclic) bond motifs is 1. The van der Waals surface area contributed by atoms with Gasteiger partial charge in [0, 0.05) is 30.6 Å². The molecule has 1 aliphatic rings. The quantitative estimate of drug-likeness (QED) is 0.638. The molecule has 1 saturated heterocycles. The average molecular weight is 403 g/mol. The standard InChI is InChI=1S/C18H21N5O4S/c24-18-9-8-17(20-21-18)23-10-4-3-5-13(23)11-19-28(25,26)12-15-14-6-1-2-7-16(14)27-22-15/h1-2,6-9,13,19H,3-5,10-12H2,(H,21,24). The summed E-state index contributed by atoms with van der Waals surface area (Å²) in [6, 6.07) is 10.2. The van der Waals surface area contributed by atoms with E-state index >= 15 is 0 Å². The monoisotopic (exact) mass is 403 g/mol. The lowest BCUT2D eigenvalue weighted by molar-refractivity contribution is 0.444. The van der Waals surface area contributed by atoms with E-state index in [9.17, 15) is 13.2 Å². The summed E-state index contributed by atoms with van der Waals surface area (Å²) in [6.07, 6.45) is 2.85. The van der Waals surface area contributed by atoms with Crippen molar-refractivity contribution in [2.75, 3.05) is 18.0 Å². The molecule has 9 nitrogen and oxygen atoms in total. The van der Waals surface area contributed by atoms with Gasteiger partial charge in [-0.2, -0.15) is 5.10 Å². The van der Waals surface area contributed by atoms with E-state index in [2.05, 4.69) is 20.1 Å². The minimum absolute atomic E-state index is 0.0315.